The van der Waals surface area contributed by atoms with Crippen molar-refractivity contribution in [3.05, 3.63) is 16.1 Å². The Kier molecular flexibility index (Phi) is 5.26. The van der Waals surface area contributed by atoms with Crippen LogP contribution >= 0.6 is 22.6 Å². The fraction of sp³-hybridized carbons (Fsp3) is 0.375. The number of hydrogen-bond acceptors (Lipinski definition) is 5. The molecule has 0 bridgehead atoms. The molecule has 1 heterocycles. The number of hydrogen-bond donors (Lipinski definition) is 2. The van der Waals surface area contributed by atoms with Gasteiger partial charge in [-0.2, -0.15) is 0 Å². The quantitative estimate of drug-likeness (QED) is 0.568. The molecule has 0 saturated carbocycles. The minimum atomic E-state index is -0.466. The molecule has 0 aliphatic heterocycles. The zero-order valence-electron chi connectivity index (χ0n) is 7.94. The maximum Gasteiger partial charge on any atom is 0.243 e. The number of halogens is 1. The molecule has 1 aromatic rings. The van der Waals surface area contributed by atoms with Gasteiger partial charge >= 0.3 is 0 Å². The topological polar surface area (TPSA) is 90.1 Å². The predicted octanol–water partition coefficient (Wildman–Crippen LogP) is -0.00500. The van der Waals surface area contributed by atoms with E-state index in [2.05, 4.69) is 37.9 Å². The van der Waals surface area contributed by atoms with Gasteiger partial charge in [-0.25, -0.2) is 9.97 Å². The number of ether oxygens (including phenoxy) is 1. The van der Waals surface area contributed by atoms with Crippen molar-refractivity contribution >= 4 is 34.3 Å². The average molecular weight is 322 g/mol. The van der Waals surface area contributed by atoms with Crippen molar-refractivity contribution in [1.82, 2.24) is 9.97 Å². The summed E-state index contributed by atoms with van der Waals surface area (Å²) in [5.41, 5.74) is 4.90. The number of amides is 1. The minimum Gasteiger partial charge on any atom is -0.370 e. The molecule has 7 heteroatoms. The van der Waals surface area contributed by atoms with Crippen LogP contribution < -0.4 is 11.1 Å². The first-order valence-corrected chi connectivity index (χ1v) is 5.33. The lowest BCUT2D eigenvalue weighted by Gasteiger charge is -2.06. The lowest BCUT2D eigenvalue weighted by atomic mass is 10.5. The van der Waals surface area contributed by atoms with E-state index >= 15 is 0 Å². The van der Waals surface area contributed by atoms with Gasteiger partial charge in [-0.1, -0.05) is 0 Å². The smallest absolute Gasteiger partial charge is 0.243 e. The van der Waals surface area contributed by atoms with E-state index in [1.54, 1.807) is 6.20 Å². The third kappa shape index (κ3) is 4.88. The second kappa shape index (κ2) is 6.51. The lowest BCUT2D eigenvalue weighted by molar-refractivity contribution is -0.122. The van der Waals surface area contributed by atoms with Crippen molar-refractivity contribution < 1.29 is 9.53 Å². The van der Waals surface area contributed by atoms with E-state index in [1.807, 2.05) is 0 Å². The standard InChI is InChI=1S/C8H11IN4O2/c9-6-3-11-5-13-8(6)12-1-2-15-4-7(10)14/h3,5H,1-2,4H2,(H2,10,14)(H,11,12,13). The third-order valence-corrected chi connectivity index (χ3v) is 2.24. The molecule has 0 spiro atoms. The Bertz CT molecular complexity index is 334. The molecule has 0 aromatic carbocycles. The highest BCUT2D eigenvalue weighted by Crippen LogP contribution is 2.11. The Morgan fingerprint density at radius 3 is 3.13 bits per heavy atom. The van der Waals surface area contributed by atoms with Crippen molar-refractivity contribution in [2.75, 3.05) is 25.1 Å². The maximum absolute atomic E-state index is 10.3. The number of carbonyl (C=O) groups is 1. The first-order valence-electron chi connectivity index (χ1n) is 4.25. The summed E-state index contributed by atoms with van der Waals surface area (Å²) in [6, 6.07) is 0. The van der Waals surface area contributed by atoms with Crippen LogP contribution in [-0.2, 0) is 9.53 Å². The molecular weight excluding hydrogens is 311 g/mol. The first kappa shape index (κ1) is 12.1. The summed E-state index contributed by atoms with van der Waals surface area (Å²) >= 11 is 2.13. The van der Waals surface area contributed by atoms with Crippen LogP contribution in [-0.4, -0.2) is 35.6 Å². The van der Waals surface area contributed by atoms with Crippen molar-refractivity contribution in [2.24, 2.45) is 5.73 Å². The van der Waals surface area contributed by atoms with E-state index in [9.17, 15) is 4.79 Å². The van der Waals surface area contributed by atoms with Gasteiger partial charge in [-0.3, -0.25) is 4.79 Å². The molecule has 1 amide bonds. The number of nitrogens with zero attached hydrogens (tertiary/aromatic N) is 2. The summed E-state index contributed by atoms with van der Waals surface area (Å²) in [5, 5.41) is 3.05. The molecule has 6 nitrogen and oxygen atoms in total. The second-order valence-corrected chi connectivity index (χ2v) is 3.83. The van der Waals surface area contributed by atoms with Gasteiger partial charge in [-0.15, -0.1) is 0 Å². The van der Waals surface area contributed by atoms with E-state index in [1.165, 1.54) is 6.33 Å². The average Bonchev–Trinajstić information content (AvgIpc) is 2.20. The number of nitrogens with two attached hydrogens (primary N) is 1. The molecule has 0 atom stereocenters. The normalized spacial score (nSPS) is 9.93. The fourth-order valence-corrected chi connectivity index (χ4v) is 1.35. The monoisotopic (exact) mass is 322 g/mol. The van der Waals surface area contributed by atoms with E-state index in [-0.39, 0.29) is 6.61 Å². The maximum atomic E-state index is 10.3. The lowest BCUT2D eigenvalue weighted by Crippen LogP contribution is -2.20. The van der Waals surface area contributed by atoms with Crippen molar-refractivity contribution in [3.63, 3.8) is 0 Å². The van der Waals surface area contributed by atoms with Crippen molar-refractivity contribution in [2.45, 2.75) is 0 Å². The van der Waals surface area contributed by atoms with Gasteiger partial charge in [0.2, 0.25) is 5.91 Å². The summed E-state index contributed by atoms with van der Waals surface area (Å²) in [5.74, 6) is 0.292. The van der Waals surface area contributed by atoms with E-state index in [4.69, 9.17) is 10.5 Å². The molecule has 0 radical (unpaired) electrons. The number of aromatic nitrogens is 2. The summed E-state index contributed by atoms with van der Waals surface area (Å²) < 4.78 is 5.91. The minimum absolute atomic E-state index is 0.0530. The Labute approximate surface area is 101 Å². The molecule has 15 heavy (non-hydrogen) atoms. The molecule has 0 fully saturated rings. The Morgan fingerprint density at radius 1 is 1.67 bits per heavy atom. The SMILES string of the molecule is NC(=O)COCCNc1ncncc1I. The predicted molar refractivity (Wildman–Crippen MR) is 63.3 cm³/mol. The van der Waals surface area contributed by atoms with E-state index in [0.717, 1.165) is 9.39 Å². The number of primary amides is 1. The number of anilines is 1. The van der Waals surface area contributed by atoms with Crippen LogP contribution in [0.15, 0.2) is 12.5 Å². The van der Waals surface area contributed by atoms with Gasteiger partial charge in [0.1, 0.15) is 18.8 Å². The van der Waals surface area contributed by atoms with Crippen LogP contribution in [0.2, 0.25) is 0 Å². The molecule has 0 unspecified atom stereocenters. The number of nitrogens with one attached hydrogen (secondary N) is 1. The molecule has 3 N–H and O–H groups in total. The van der Waals surface area contributed by atoms with Crippen LogP contribution in [0.1, 0.15) is 0 Å². The molecule has 0 saturated heterocycles. The van der Waals surface area contributed by atoms with E-state index in [0.29, 0.717) is 13.2 Å². The zero-order chi connectivity index (χ0) is 11.1. The number of rotatable bonds is 6. The zero-order valence-corrected chi connectivity index (χ0v) is 10.1. The van der Waals surface area contributed by atoms with E-state index < -0.39 is 5.91 Å². The first-order chi connectivity index (χ1) is 7.20. The highest BCUT2D eigenvalue weighted by molar-refractivity contribution is 14.1. The number of carbonyl (C=O) groups excluding carboxylic acids is 1. The summed E-state index contributed by atoms with van der Waals surface area (Å²) in [7, 11) is 0. The molecule has 0 aliphatic rings. The third-order valence-electron chi connectivity index (χ3n) is 1.45. The highest BCUT2D eigenvalue weighted by Gasteiger charge is 1.99. The van der Waals surface area contributed by atoms with Crippen LogP contribution in [0.25, 0.3) is 0 Å². The largest absolute Gasteiger partial charge is 0.370 e. The van der Waals surface area contributed by atoms with Crippen LogP contribution in [0.5, 0.6) is 0 Å². The summed E-state index contributed by atoms with van der Waals surface area (Å²) in [6.45, 7) is 0.922. The molecule has 82 valence electrons. The Balaban J connectivity index is 2.21. The van der Waals surface area contributed by atoms with Gasteiger partial charge in [0.05, 0.1) is 10.2 Å². The van der Waals surface area contributed by atoms with Gasteiger partial charge in [0, 0.05) is 12.7 Å². The molecule has 1 aromatic heterocycles. The van der Waals surface area contributed by atoms with Gasteiger partial charge < -0.3 is 15.8 Å². The molecular formula is C8H11IN4O2. The highest BCUT2D eigenvalue weighted by atomic mass is 127. The van der Waals surface area contributed by atoms with Crippen LogP contribution in [0, 0.1) is 3.57 Å². The van der Waals surface area contributed by atoms with Crippen LogP contribution in [0.3, 0.4) is 0 Å². The van der Waals surface area contributed by atoms with Crippen LogP contribution in [0.4, 0.5) is 5.82 Å². The second-order valence-electron chi connectivity index (χ2n) is 2.66. The molecule has 1 rings (SSSR count). The Morgan fingerprint density at radius 2 is 2.47 bits per heavy atom. The summed E-state index contributed by atoms with van der Waals surface area (Å²) in [6.07, 6.45) is 3.18. The van der Waals surface area contributed by atoms with Crippen molar-refractivity contribution in [1.29, 1.82) is 0 Å². The Hall–Kier alpha value is -0.960. The van der Waals surface area contributed by atoms with Gasteiger partial charge in [-0.05, 0) is 22.6 Å². The van der Waals surface area contributed by atoms with Crippen molar-refractivity contribution in [3.8, 4) is 0 Å². The van der Waals surface area contributed by atoms with Gasteiger partial charge in [0.25, 0.3) is 0 Å². The fourth-order valence-electron chi connectivity index (χ4n) is 0.857. The molecule has 0 aliphatic carbocycles. The summed E-state index contributed by atoms with van der Waals surface area (Å²) in [4.78, 5) is 18.2. The van der Waals surface area contributed by atoms with Gasteiger partial charge in [0.15, 0.2) is 0 Å².